The predicted octanol–water partition coefficient (Wildman–Crippen LogP) is 3.89. The lowest BCUT2D eigenvalue weighted by molar-refractivity contribution is 0.654. The molecule has 3 aromatic rings. The van der Waals surface area contributed by atoms with E-state index in [1.165, 1.54) is 24.7 Å². The van der Waals surface area contributed by atoms with Gasteiger partial charge in [0.05, 0.1) is 6.04 Å². The predicted molar refractivity (Wildman–Crippen MR) is 77.9 cm³/mol. The summed E-state index contributed by atoms with van der Waals surface area (Å²) in [5, 5.41) is 4.25. The van der Waals surface area contributed by atoms with E-state index in [9.17, 15) is 0 Å². The largest absolute Gasteiger partial charge is 0.271 e. The Bertz CT molecular complexity index is 606. The van der Waals surface area contributed by atoms with E-state index in [1.807, 2.05) is 11.3 Å². The van der Waals surface area contributed by atoms with E-state index >= 15 is 0 Å². The molecule has 3 heterocycles. The molecule has 0 bridgehead atoms. The van der Waals surface area contributed by atoms with Crippen LogP contribution in [0.15, 0.2) is 29.0 Å². The maximum atomic E-state index is 5.72. The number of fused-ring (bicyclic) bond motifs is 1. The highest BCUT2D eigenvalue weighted by Crippen LogP contribution is 2.37. The van der Waals surface area contributed by atoms with Crippen molar-refractivity contribution in [3.8, 4) is 0 Å². The molecular formula is C12H12N2S3. The summed E-state index contributed by atoms with van der Waals surface area (Å²) in [7, 11) is 0. The van der Waals surface area contributed by atoms with Crippen molar-refractivity contribution >= 4 is 43.4 Å². The van der Waals surface area contributed by atoms with Gasteiger partial charge in [0.25, 0.3) is 0 Å². The lowest BCUT2D eigenvalue weighted by atomic mass is 10.1. The molecule has 0 aromatic carbocycles. The Kier molecular flexibility index (Phi) is 3.02. The normalized spacial score (nSPS) is 13.3. The molecule has 0 saturated carbocycles. The van der Waals surface area contributed by atoms with E-state index in [2.05, 4.69) is 41.3 Å². The third-order valence-corrected chi connectivity index (χ3v) is 6.02. The highest BCUT2D eigenvalue weighted by molar-refractivity contribution is 7.27. The number of thiophene rings is 3. The van der Waals surface area contributed by atoms with Crippen molar-refractivity contribution < 1.29 is 0 Å². The molecule has 0 aliphatic carbocycles. The van der Waals surface area contributed by atoms with Gasteiger partial charge in [-0.2, -0.15) is 0 Å². The van der Waals surface area contributed by atoms with Crippen molar-refractivity contribution in [2.75, 3.05) is 0 Å². The lowest BCUT2D eigenvalue weighted by Gasteiger charge is -2.13. The average molecular weight is 280 g/mol. The molecule has 88 valence electrons. The molecule has 0 aliphatic heterocycles. The lowest BCUT2D eigenvalue weighted by Crippen LogP contribution is -2.27. The van der Waals surface area contributed by atoms with Crippen LogP contribution in [0.5, 0.6) is 0 Å². The first-order valence-corrected chi connectivity index (χ1v) is 7.84. The third kappa shape index (κ3) is 1.94. The second-order valence-electron chi connectivity index (χ2n) is 3.87. The Balaban J connectivity index is 2.06. The van der Waals surface area contributed by atoms with Gasteiger partial charge in [-0.3, -0.25) is 5.84 Å². The van der Waals surface area contributed by atoms with Gasteiger partial charge in [0.15, 0.2) is 0 Å². The van der Waals surface area contributed by atoms with Crippen molar-refractivity contribution in [3.05, 3.63) is 44.3 Å². The number of hydrazine groups is 1. The molecule has 2 nitrogen and oxygen atoms in total. The molecule has 0 radical (unpaired) electrons. The first-order valence-electron chi connectivity index (χ1n) is 5.26. The van der Waals surface area contributed by atoms with Crippen molar-refractivity contribution in [1.82, 2.24) is 5.43 Å². The Morgan fingerprint density at radius 1 is 1.18 bits per heavy atom. The van der Waals surface area contributed by atoms with Crippen molar-refractivity contribution in [2.45, 2.75) is 13.0 Å². The summed E-state index contributed by atoms with van der Waals surface area (Å²) in [6.07, 6.45) is 0. The molecule has 0 amide bonds. The monoisotopic (exact) mass is 280 g/mol. The van der Waals surface area contributed by atoms with Gasteiger partial charge >= 0.3 is 0 Å². The van der Waals surface area contributed by atoms with Crippen LogP contribution < -0.4 is 11.3 Å². The summed E-state index contributed by atoms with van der Waals surface area (Å²) in [6, 6.07) is 6.68. The molecule has 1 unspecified atom stereocenters. The molecular weight excluding hydrogens is 268 g/mol. The zero-order valence-corrected chi connectivity index (χ0v) is 11.7. The molecule has 5 heteroatoms. The number of hydrogen-bond acceptors (Lipinski definition) is 5. The zero-order valence-electron chi connectivity index (χ0n) is 9.27. The summed E-state index contributed by atoms with van der Waals surface area (Å²) in [5.74, 6) is 5.72. The van der Waals surface area contributed by atoms with Gasteiger partial charge in [-0.25, -0.2) is 5.43 Å². The minimum atomic E-state index is 0.125. The molecule has 3 N–H and O–H groups in total. The molecule has 3 aromatic heterocycles. The fraction of sp³-hybridized carbons (Fsp3) is 0.167. The van der Waals surface area contributed by atoms with Crippen LogP contribution in [-0.2, 0) is 0 Å². The van der Waals surface area contributed by atoms with E-state index in [1.54, 1.807) is 22.7 Å². The minimum absolute atomic E-state index is 0.125. The van der Waals surface area contributed by atoms with Crippen LogP contribution in [0.3, 0.4) is 0 Å². The first kappa shape index (κ1) is 11.4. The van der Waals surface area contributed by atoms with Gasteiger partial charge in [0.1, 0.15) is 0 Å². The van der Waals surface area contributed by atoms with E-state index in [-0.39, 0.29) is 6.04 Å². The SMILES string of the molecule is Cc1ccsc1C(NN)c1cc2sccc2s1. The quantitative estimate of drug-likeness (QED) is 0.564. The Hall–Kier alpha value is -0.720. The standard InChI is InChI=1S/C12H12N2S3/c1-7-2-4-16-12(7)11(14-13)10-6-9-8(17-10)3-5-15-9/h2-6,11,14H,13H2,1H3. The van der Waals surface area contributed by atoms with E-state index in [0.717, 1.165) is 0 Å². The second kappa shape index (κ2) is 4.51. The topological polar surface area (TPSA) is 38.0 Å². The number of aryl methyl sites for hydroxylation is 1. The summed E-state index contributed by atoms with van der Waals surface area (Å²) in [6.45, 7) is 2.13. The highest BCUT2D eigenvalue weighted by atomic mass is 32.1. The molecule has 3 rings (SSSR count). The summed E-state index contributed by atoms with van der Waals surface area (Å²) in [5.41, 5.74) is 4.24. The molecule has 0 aliphatic rings. The van der Waals surface area contributed by atoms with E-state index in [4.69, 9.17) is 5.84 Å². The van der Waals surface area contributed by atoms with Gasteiger partial charge < -0.3 is 0 Å². The molecule has 1 atom stereocenters. The van der Waals surface area contributed by atoms with Gasteiger partial charge in [-0.15, -0.1) is 34.0 Å². The maximum absolute atomic E-state index is 5.72. The molecule has 0 saturated heterocycles. The van der Waals surface area contributed by atoms with Gasteiger partial charge in [-0.05, 0) is 41.4 Å². The van der Waals surface area contributed by atoms with Crippen LogP contribution in [0.1, 0.15) is 21.4 Å². The average Bonchev–Trinajstić information content (AvgIpc) is 2.96. The van der Waals surface area contributed by atoms with Crippen LogP contribution >= 0.6 is 34.0 Å². The van der Waals surface area contributed by atoms with Gasteiger partial charge in [0.2, 0.25) is 0 Å². The van der Waals surface area contributed by atoms with E-state index in [0.29, 0.717) is 0 Å². The number of hydrogen-bond donors (Lipinski definition) is 2. The Morgan fingerprint density at radius 2 is 2.00 bits per heavy atom. The van der Waals surface area contributed by atoms with Crippen LogP contribution in [0, 0.1) is 6.92 Å². The second-order valence-corrected chi connectivity index (χ2v) is 6.88. The Labute approximate surface area is 112 Å². The van der Waals surface area contributed by atoms with Crippen LogP contribution in [0.4, 0.5) is 0 Å². The summed E-state index contributed by atoms with van der Waals surface area (Å²) >= 11 is 5.36. The zero-order chi connectivity index (χ0) is 11.8. The number of nitrogens with two attached hydrogens (primary N) is 1. The molecule has 0 spiro atoms. The fourth-order valence-corrected chi connectivity index (χ4v) is 5.16. The molecule has 17 heavy (non-hydrogen) atoms. The Morgan fingerprint density at radius 3 is 2.65 bits per heavy atom. The molecule has 0 fully saturated rings. The summed E-state index contributed by atoms with van der Waals surface area (Å²) < 4.78 is 2.69. The third-order valence-electron chi connectivity index (χ3n) is 2.77. The highest BCUT2D eigenvalue weighted by Gasteiger charge is 2.18. The smallest absolute Gasteiger partial charge is 0.0897 e. The number of nitrogens with one attached hydrogen (secondary N) is 1. The van der Waals surface area contributed by atoms with Crippen LogP contribution in [0.2, 0.25) is 0 Å². The van der Waals surface area contributed by atoms with Gasteiger partial charge in [0, 0.05) is 19.2 Å². The first-order chi connectivity index (χ1) is 8.29. The maximum Gasteiger partial charge on any atom is 0.0897 e. The van der Waals surface area contributed by atoms with Crippen molar-refractivity contribution in [3.63, 3.8) is 0 Å². The summed E-state index contributed by atoms with van der Waals surface area (Å²) in [4.78, 5) is 2.60. The van der Waals surface area contributed by atoms with E-state index < -0.39 is 0 Å². The fourth-order valence-electron chi connectivity index (χ4n) is 1.89. The number of rotatable bonds is 3. The van der Waals surface area contributed by atoms with Crippen molar-refractivity contribution in [2.24, 2.45) is 5.84 Å². The minimum Gasteiger partial charge on any atom is -0.271 e. The van der Waals surface area contributed by atoms with Crippen molar-refractivity contribution in [1.29, 1.82) is 0 Å². The van der Waals surface area contributed by atoms with Crippen LogP contribution in [0.25, 0.3) is 9.40 Å². The van der Waals surface area contributed by atoms with Gasteiger partial charge in [-0.1, -0.05) is 0 Å². The van der Waals surface area contributed by atoms with Crippen LogP contribution in [-0.4, -0.2) is 0 Å².